The molecule has 3 nitrogen and oxygen atoms in total. The van der Waals surface area contributed by atoms with E-state index in [9.17, 15) is 5.11 Å². The van der Waals surface area contributed by atoms with E-state index in [0.717, 1.165) is 16.8 Å². The van der Waals surface area contributed by atoms with Gasteiger partial charge in [0.2, 0.25) is 0 Å². The third-order valence-corrected chi connectivity index (χ3v) is 2.59. The molecule has 0 saturated heterocycles. The van der Waals surface area contributed by atoms with Crippen LogP contribution in [0.2, 0.25) is 0 Å². The average molecular weight is 194 g/mol. The minimum atomic E-state index is -0.861. The molecule has 3 N–H and O–H groups in total. The van der Waals surface area contributed by atoms with E-state index in [1.54, 1.807) is 13.1 Å². The fourth-order valence-electron chi connectivity index (χ4n) is 1.36. The van der Waals surface area contributed by atoms with Crippen LogP contribution in [0.3, 0.4) is 0 Å². The molecular weight excluding hydrogens is 176 g/mol. The Balaban J connectivity index is 3.01. The lowest BCUT2D eigenvalue weighted by molar-refractivity contribution is 0.0500. The van der Waals surface area contributed by atoms with Gasteiger partial charge in [-0.25, -0.2) is 0 Å². The molecule has 14 heavy (non-hydrogen) atoms. The van der Waals surface area contributed by atoms with Crippen molar-refractivity contribution in [1.29, 1.82) is 0 Å². The Bertz CT molecular complexity index is 321. The van der Waals surface area contributed by atoms with E-state index in [1.807, 2.05) is 19.9 Å². The van der Waals surface area contributed by atoms with Gasteiger partial charge in [-0.3, -0.25) is 4.98 Å². The molecular formula is C11H18N2O. The van der Waals surface area contributed by atoms with Crippen LogP contribution in [0, 0.1) is 13.8 Å². The van der Waals surface area contributed by atoms with Crippen molar-refractivity contribution in [3.63, 3.8) is 0 Å². The zero-order chi connectivity index (χ0) is 10.8. The van der Waals surface area contributed by atoms with Crippen molar-refractivity contribution in [1.82, 2.24) is 4.98 Å². The summed E-state index contributed by atoms with van der Waals surface area (Å²) in [6, 6.07) is 1.97. The summed E-state index contributed by atoms with van der Waals surface area (Å²) in [5.41, 5.74) is 7.51. The van der Waals surface area contributed by atoms with E-state index in [-0.39, 0.29) is 0 Å². The molecule has 1 heterocycles. The highest BCUT2D eigenvalue weighted by molar-refractivity contribution is 5.26. The molecule has 0 aromatic carbocycles. The third kappa shape index (κ3) is 2.30. The number of hydrogen-bond donors (Lipinski definition) is 2. The number of rotatable bonds is 3. The van der Waals surface area contributed by atoms with E-state index in [0.29, 0.717) is 13.0 Å². The van der Waals surface area contributed by atoms with E-state index < -0.39 is 5.60 Å². The predicted octanol–water partition coefficient (Wildman–Crippen LogP) is 1.25. The second-order valence-electron chi connectivity index (χ2n) is 3.94. The van der Waals surface area contributed by atoms with Crippen LogP contribution in [0.5, 0.6) is 0 Å². The van der Waals surface area contributed by atoms with Gasteiger partial charge in [-0.2, -0.15) is 0 Å². The van der Waals surface area contributed by atoms with Crippen LogP contribution in [0.1, 0.15) is 30.2 Å². The zero-order valence-electron chi connectivity index (χ0n) is 9.04. The summed E-state index contributed by atoms with van der Waals surface area (Å²) in [5.74, 6) is 0. The van der Waals surface area contributed by atoms with Crippen LogP contribution in [-0.4, -0.2) is 16.6 Å². The topological polar surface area (TPSA) is 59.1 Å². The van der Waals surface area contributed by atoms with E-state index in [4.69, 9.17) is 5.73 Å². The molecule has 0 bridgehead atoms. The summed E-state index contributed by atoms with van der Waals surface area (Å²) in [6.07, 6.45) is 2.27. The maximum absolute atomic E-state index is 10.1. The Hall–Kier alpha value is -0.930. The molecule has 1 rings (SSSR count). The molecule has 0 aliphatic rings. The lowest BCUT2D eigenvalue weighted by atomic mass is 9.93. The average Bonchev–Trinajstić information content (AvgIpc) is 2.09. The second-order valence-corrected chi connectivity index (χ2v) is 3.94. The fourth-order valence-corrected chi connectivity index (χ4v) is 1.36. The van der Waals surface area contributed by atoms with Gasteiger partial charge in [-0.15, -0.1) is 0 Å². The minimum absolute atomic E-state index is 0.472. The molecule has 1 aromatic heterocycles. The Morgan fingerprint density at radius 3 is 2.64 bits per heavy atom. The van der Waals surface area contributed by atoms with Gasteiger partial charge in [-0.05, 0) is 45.4 Å². The number of hydrogen-bond acceptors (Lipinski definition) is 3. The van der Waals surface area contributed by atoms with Gasteiger partial charge in [0.05, 0.1) is 5.60 Å². The molecule has 1 unspecified atom stereocenters. The number of aromatic nitrogens is 1. The van der Waals surface area contributed by atoms with Crippen molar-refractivity contribution >= 4 is 0 Å². The number of aryl methyl sites for hydroxylation is 2. The van der Waals surface area contributed by atoms with Crippen LogP contribution in [-0.2, 0) is 5.60 Å². The van der Waals surface area contributed by atoms with Crippen LogP contribution in [0.25, 0.3) is 0 Å². The summed E-state index contributed by atoms with van der Waals surface area (Å²) < 4.78 is 0. The minimum Gasteiger partial charge on any atom is -0.385 e. The van der Waals surface area contributed by atoms with Crippen molar-refractivity contribution in [2.45, 2.75) is 32.8 Å². The quantitative estimate of drug-likeness (QED) is 0.761. The highest BCUT2D eigenvalue weighted by atomic mass is 16.3. The zero-order valence-corrected chi connectivity index (χ0v) is 9.04. The maximum atomic E-state index is 10.1. The monoisotopic (exact) mass is 194 g/mol. The summed E-state index contributed by atoms with van der Waals surface area (Å²) in [5, 5.41) is 10.1. The van der Waals surface area contributed by atoms with E-state index in [2.05, 4.69) is 4.98 Å². The maximum Gasteiger partial charge on any atom is 0.0895 e. The Morgan fingerprint density at radius 1 is 1.50 bits per heavy atom. The van der Waals surface area contributed by atoms with Gasteiger partial charge in [0.25, 0.3) is 0 Å². The van der Waals surface area contributed by atoms with Crippen molar-refractivity contribution in [2.24, 2.45) is 5.73 Å². The van der Waals surface area contributed by atoms with Crippen molar-refractivity contribution in [3.05, 3.63) is 29.1 Å². The first-order chi connectivity index (χ1) is 6.47. The fraction of sp³-hybridized carbons (Fsp3) is 0.545. The number of nitrogens with two attached hydrogens (primary N) is 1. The first-order valence-electron chi connectivity index (χ1n) is 4.83. The Kier molecular flexibility index (Phi) is 3.24. The van der Waals surface area contributed by atoms with Gasteiger partial charge in [0, 0.05) is 17.5 Å². The first kappa shape index (κ1) is 11.1. The van der Waals surface area contributed by atoms with Crippen molar-refractivity contribution < 1.29 is 5.11 Å². The number of nitrogens with zero attached hydrogens (tertiary/aromatic N) is 1. The highest BCUT2D eigenvalue weighted by Crippen LogP contribution is 2.24. The molecule has 0 radical (unpaired) electrons. The first-order valence-corrected chi connectivity index (χ1v) is 4.83. The van der Waals surface area contributed by atoms with Crippen molar-refractivity contribution in [3.8, 4) is 0 Å². The molecule has 78 valence electrons. The number of pyridine rings is 1. The van der Waals surface area contributed by atoms with Gasteiger partial charge in [-0.1, -0.05) is 0 Å². The van der Waals surface area contributed by atoms with E-state index in [1.165, 1.54) is 0 Å². The number of aliphatic hydroxyl groups is 1. The van der Waals surface area contributed by atoms with Gasteiger partial charge >= 0.3 is 0 Å². The predicted molar refractivity (Wildman–Crippen MR) is 57.0 cm³/mol. The summed E-state index contributed by atoms with van der Waals surface area (Å²) >= 11 is 0. The second kappa shape index (κ2) is 4.07. The largest absolute Gasteiger partial charge is 0.385 e. The molecule has 1 atom stereocenters. The molecule has 0 spiro atoms. The summed E-state index contributed by atoms with van der Waals surface area (Å²) in [6.45, 7) is 6.19. The molecule has 3 heteroatoms. The Labute approximate surface area is 85.0 Å². The van der Waals surface area contributed by atoms with E-state index >= 15 is 0 Å². The lowest BCUT2D eigenvalue weighted by Crippen LogP contribution is -2.25. The molecule has 0 aliphatic heterocycles. The molecule has 0 fully saturated rings. The lowest BCUT2D eigenvalue weighted by Gasteiger charge is -2.23. The smallest absolute Gasteiger partial charge is 0.0895 e. The van der Waals surface area contributed by atoms with Crippen LogP contribution in [0.4, 0.5) is 0 Å². The SMILES string of the molecule is Cc1cc(C(C)(O)CCN)cnc1C. The van der Waals surface area contributed by atoms with Crippen molar-refractivity contribution in [2.75, 3.05) is 6.54 Å². The van der Waals surface area contributed by atoms with Crippen LogP contribution < -0.4 is 5.73 Å². The summed E-state index contributed by atoms with van der Waals surface area (Å²) in [7, 11) is 0. The third-order valence-electron chi connectivity index (χ3n) is 2.59. The van der Waals surface area contributed by atoms with Gasteiger partial charge in [0.1, 0.15) is 0 Å². The van der Waals surface area contributed by atoms with Crippen LogP contribution in [0.15, 0.2) is 12.3 Å². The Morgan fingerprint density at radius 2 is 2.14 bits per heavy atom. The van der Waals surface area contributed by atoms with Crippen LogP contribution >= 0.6 is 0 Å². The molecule has 1 aromatic rings. The normalized spacial score (nSPS) is 15.2. The van der Waals surface area contributed by atoms with Gasteiger partial charge in [0.15, 0.2) is 0 Å². The standard InChI is InChI=1S/C11H18N2O/c1-8-6-10(7-13-9(8)2)11(3,14)4-5-12/h6-7,14H,4-5,12H2,1-3H3. The summed E-state index contributed by atoms with van der Waals surface area (Å²) in [4.78, 5) is 4.23. The molecule has 0 saturated carbocycles. The molecule has 0 aliphatic carbocycles. The molecule has 0 amide bonds. The van der Waals surface area contributed by atoms with Gasteiger partial charge < -0.3 is 10.8 Å². The highest BCUT2D eigenvalue weighted by Gasteiger charge is 2.22.